The maximum atomic E-state index is 13.6. The van der Waals surface area contributed by atoms with Crippen LogP contribution in [0.1, 0.15) is 11.1 Å². The third-order valence-corrected chi connectivity index (χ3v) is 3.88. The maximum Gasteiger partial charge on any atom is 0.123 e. The molecule has 2 nitrogen and oxygen atoms in total. The molecule has 24 heavy (non-hydrogen) atoms. The van der Waals surface area contributed by atoms with E-state index in [9.17, 15) is 4.39 Å². The van der Waals surface area contributed by atoms with Gasteiger partial charge in [0.2, 0.25) is 0 Å². The number of ether oxygens (including phenoxy) is 1. The molecule has 3 aromatic carbocycles. The van der Waals surface area contributed by atoms with Crippen molar-refractivity contribution >= 4 is 0 Å². The molecule has 3 heteroatoms. The van der Waals surface area contributed by atoms with Gasteiger partial charge in [-0.1, -0.05) is 48.5 Å². The molecule has 0 aliphatic rings. The molecule has 0 fully saturated rings. The minimum absolute atomic E-state index is 0.248. The molecule has 0 aliphatic carbocycles. The monoisotopic (exact) mass is 321 g/mol. The van der Waals surface area contributed by atoms with Gasteiger partial charge in [0.25, 0.3) is 0 Å². The first-order chi connectivity index (χ1) is 11.8. The summed E-state index contributed by atoms with van der Waals surface area (Å²) in [5.74, 6) is 0.515. The third-order valence-electron chi connectivity index (χ3n) is 3.88. The van der Waals surface area contributed by atoms with Gasteiger partial charge in [-0.15, -0.1) is 0 Å². The Labute approximate surface area is 141 Å². The molecule has 0 heterocycles. The summed E-state index contributed by atoms with van der Waals surface area (Å²) in [6.07, 6.45) is 0.741. The van der Waals surface area contributed by atoms with E-state index in [1.165, 1.54) is 12.1 Å². The summed E-state index contributed by atoms with van der Waals surface area (Å²) in [7, 11) is 0. The fraction of sp³-hybridized carbons (Fsp3) is 0.143. The van der Waals surface area contributed by atoms with Crippen LogP contribution in [0.3, 0.4) is 0 Å². The van der Waals surface area contributed by atoms with Crippen molar-refractivity contribution in [2.75, 3.05) is 6.54 Å². The zero-order chi connectivity index (χ0) is 16.8. The highest BCUT2D eigenvalue weighted by molar-refractivity contribution is 5.69. The lowest BCUT2D eigenvalue weighted by atomic mass is 9.97. The van der Waals surface area contributed by atoms with Gasteiger partial charge in [-0.25, -0.2) is 4.39 Å². The molecule has 0 unspecified atom stereocenters. The zero-order valence-electron chi connectivity index (χ0n) is 13.4. The van der Waals surface area contributed by atoms with E-state index in [1.807, 2.05) is 54.6 Å². The van der Waals surface area contributed by atoms with Crippen molar-refractivity contribution in [2.24, 2.45) is 5.73 Å². The summed E-state index contributed by atoms with van der Waals surface area (Å²) in [5.41, 5.74) is 9.70. The predicted octanol–water partition coefficient (Wildman–Crippen LogP) is 4.57. The van der Waals surface area contributed by atoms with E-state index in [4.69, 9.17) is 10.5 Å². The van der Waals surface area contributed by atoms with E-state index >= 15 is 0 Å². The number of hydrogen-bond acceptors (Lipinski definition) is 2. The molecule has 0 bridgehead atoms. The van der Waals surface area contributed by atoms with E-state index in [2.05, 4.69) is 0 Å². The fourth-order valence-corrected chi connectivity index (χ4v) is 2.68. The van der Waals surface area contributed by atoms with Gasteiger partial charge in [0.05, 0.1) is 0 Å². The summed E-state index contributed by atoms with van der Waals surface area (Å²) in [6.45, 7) is 1.05. The second kappa shape index (κ2) is 7.75. The van der Waals surface area contributed by atoms with Crippen LogP contribution >= 0.6 is 0 Å². The van der Waals surface area contributed by atoms with Crippen LogP contribution in [0.15, 0.2) is 72.8 Å². The van der Waals surface area contributed by atoms with Gasteiger partial charge in [-0.3, -0.25) is 0 Å². The number of rotatable bonds is 6. The maximum absolute atomic E-state index is 13.6. The van der Waals surface area contributed by atoms with Crippen molar-refractivity contribution in [3.05, 3.63) is 89.7 Å². The lowest BCUT2D eigenvalue weighted by Crippen LogP contribution is -2.04. The topological polar surface area (TPSA) is 35.2 Å². The van der Waals surface area contributed by atoms with Gasteiger partial charge < -0.3 is 10.5 Å². The Morgan fingerprint density at radius 1 is 0.875 bits per heavy atom. The molecule has 0 saturated heterocycles. The van der Waals surface area contributed by atoms with E-state index in [0.29, 0.717) is 13.2 Å². The fourth-order valence-electron chi connectivity index (χ4n) is 2.68. The normalized spacial score (nSPS) is 10.6. The average molecular weight is 321 g/mol. The van der Waals surface area contributed by atoms with Crippen LogP contribution in [0.25, 0.3) is 11.1 Å². The van der Waals surface area contributed by atoms with Gasteiger partial charge in [0.15, 0.2) is 0 Å². The summed E-state index contributed by atoms with van der Waals surface area (Å²) < 4.78 is 19.5. The minimum Gasteiger partial charge on any atom is -0.489 e. The molecule has 0 aromatic heterocycles. The van der Waals surface area contributed by atoms with Gasteiger partial charge in [0, 0.05) is 0 Å². The second-order valence-corrected chi connectivity index (χ2v) is 5.64. The number of benzene rings is 3. The summed E-state index contributed by atoms with van der Waals surface area (Å²) in [6, 6.07) is 22.5. The Kier molecular flexibility index (Phi) is 5.24. The van der Waals surface area contributed by atoms with E-state index in [0.717, 1.165) is 34.4 Å². The van der Waals surface area contributed by atoms with E-state index in [-0.39, 0.29) is 5.82 Å². The lowest BCUT2D eigenvalue weighted by molar-refractivity contribution is 0.306. The summed E-state index contributed by atoms with van der Waals surface area (Å²) in [5, 5.41) is 0. The van der Waals surface area contributed by atoms with Gasteiger partial charge in [0.1, 0.15) is 18.2 Å². The second-order valence-electron chi connectivity index (χ2n) is 5.64. The summed E-state index contributed by atoms with van der Waals surface area (Å²) in [4.78, 5) is 0. The van der Waals surface area contributed by atoms with Crippen molar-refractivity contribution in [3.8, 4) is 16.9 Å². The smallest absolute Gasteiger partial charge is 0.123 e. The molecule has 3 aromatic rings. The molecule has 0 spiro atoms. The molecule has 0 radical (unpaired) electrons. The molecule has 0 aliphatic heterocycles. The Balaban J connectivity index is 1.88. The lowest BCUT2D eigenvalue weighted by Gasteiger charge is -2.13. The van der Waals surface area contributed by atoms with Crippen molar-refractivity contribution in [1.29, 1.82) is 0 Å². The largest absolute Gasteiger partial charge is 0.489 e. The molecule has 122 valence electrons. The van der Waals surface area contributed by atoms with E-state index < -0.39 is 0 Å². The highest BCUT2D eigenvalue weighted by Crippen LogP contribution is 2.29. The Morgan fingerprint density at radius 2 is 1.71 bits per heavy atom. The van der Waals surface area contributed by atoms with Crippen LogP contribution < -0.4 is 10.5 Å². The third kappa shape index (κ3) is 4.00. The number of hydrogen-bond donors (Lipinski definition) is 1. The van der Waals surface area contributed by atoms with Crippen molar-refractivity contribution < 1.29 is 9.13 Å². The molecular formula is C21H20FNO. The highest BCUT2D eigenvalue weighted by atomic mass is 19.1. The number of nitrogens with two attached hydrogens (primary N) is 1. The molecule has 2 N–H and O–H groups in total. The number of halogens is 1. The van der Waals surface area contributed by atoms with Crippen molar-refractivity contribution in [2.45, 2.75) is 13.0 Å². The Bertz CT molecular complexity index is 802. The zero-order valence-corrected chi connectivity index (χ0v) is 13.4. The first-order valence-electron chi connectivity index (χ1n) is 8.02. The first-order valence-corrected chi connectivity index (χ1v) is 8.02. The van der Waals surface area contributed by atoms with Gasteiger partial charge in [-0.05, 0) is 59.5 Å². The van der Waals surface area contributed by atoms with Crippen molar-refractivity contribution in [1.82, 2.24) is 0 Å². The van der Waals surface area contributed by atoms with Crippen LogP contribution in [0.4, 0.5) is 4.39 Å². The average Bonchev–Trinajstić information content (AvgIpc) is 2.62. The van der Waals surface area contributed by atoms with Crippen LogP contribution in [-0.4, -0.2) is 6.54 Å². The molecule has 3 rings (SSSR count). The minimum atomic E-state index is -0.248. The molecule has 0 atom stereocenters. The summed E-state index contributed by atoms with van der Waals surface area (Å²) >= 11 is 0. The highest BCUT2D eigenvalue weighted by Gasteiger charge is 2.08. The van der Waals surface area contributed by atoms with E-state index in [1.54, 1.807) is 6.07 Å². The van der Waals surface area contributed by atoms with Crippen LogP contribution in [0, 0.1) is 5.82 Å². The quantitative estimate of drug-likeness (QED) is 0.721. The van der Waals surface area contributed by atoms with Gasteiger partial charge in [-0.2, -0.15) is 0 Å². The molecular weight excluding hydrogens is 301 g/mol. The first kappa shape index (κ1) is 16.2. The SMILES string of the molecule is NCCc1ccc(OCc2ccccc2)cc1-c1cccc(F)c1. The Morgan fingerprint density at radius 3 is 2.46 bits per heavy atom. The van der Waals surface area contributed by atoms with Crippen LogP contribution in [0.2, 0.25) is 0 Å². The predicted molar refractivity (Wildman–Crippen MR) is 95.4 cm³/mol. The van der Waals surface area contributed by atoms with Gasteiger partial charge >= 0.3 is 0 Å². The standard InChI is InChI=1S/C21H20FNO/c22-19-8-4-7-18(13-19)21-14-20(10-9-17(21)11-12-23)24-15-16-5-2-1-3-6-16/h1-10,13-14H,11-12,15,23H2. The van der Waals surface area contributed by atoms with Crippen LogP contribution in [0.5, 0.6) is 5.75 Å². The Hall–Kier alpha value is -2.65. The van der Waals surface area contributed by atoms with Crippen LogP contribution in [-0.2, 0) is 13.0 Å². The molecule has 0 amide bonds. The molecule has 0 saturated carbocycles. The van der Waals surface area contributed by atoms with Crippen molar-refractivity contribution in [3.63, 3.8) is 0 Å².